The number of carbonyl (C=O) groups is 3. The molecule has 3 aliphatic rings. The average Bonchev–Trinajstić information content (AvgIpc) is 3.57. The smallest absolute Gasteiger partial charge is 0.410 e. The van der Waals surface area contributed by atoms with Crippen LogP contribution in [-0.2, 0) is 9.53 Å². The van der Waals surface area contributed by atoms with Crippen molar-refractivity contribution in [1.29, 1.82) is 0 Å². The van der Waals surface area contributed by atoms with E-state index in [1.165, 1.54) is 24.0 Å². The van der Waals surface area contributed by atoms with Crippen LogP contribution in [0, 0.1) is 11.6 Å². The van der Waals surface area contributed by atoms with Crippen LogP contribution in [0.2, 0.25) is 0 Å². The number of imidazole rings is 1. The molecule has 0 aliphatic carbocycles. The Labute approximate surface area is 258 Å². The molecule has 0 bridgehead atoms. The zero-order chi connectivity index (χ0) is 31.7. The number of likely N-dealkylation sites (tertiary alicyclic amines) is 3. The summed E-state index contributed by atoms with van der Waals surface area (Å²) < 4.78 is 36.4. The van der Waals surface area contributed by atoms with Gasteiger partial charge in [0.15, 0.2) is 17.3 Å². The number of hydrogen-bond acceptors (Lipinski definition) is 6. The molecule has 2 aromatic heterocycles. The lowest BCUT2D eigenvalue weighted by Crippen LogP contribution is -2.51. The van der Waals surface area contributed by atoms with Crippen molar-refractivity contribution in [3.8, 4) is 0 Å². The molecule has 3 aliphatic heterocycles. The highest BCUT2D eigenvalue weighted by Crippen LogP contribution is 2.31. The summed E-state index contributed by atoms with van der Waals surface area (Å²) in [5.74, 6) is -2.51. The number of aromatic amines is 1. The van der Waals surface area contributed by atoms with Gasteiger partial charge in [0.1, 0.15) is 6.10 Å². The minimum absolute atomic E-state index is 0.0842. The first kappa shape index (κ1) is 30.5. The maximum atomic E-state index is 14.8. The van der Waals surface area contributed by atoms with Crippen LogP contribution >= 0.6 is 0 Å². The van der Waals surface area contributed by atoms with Crippen LogP contribution in [0.15, 0.2) is 41.3 Å². The number of fused-ring (bicyclic) bond motifs is 1. The Balaban J connectivity index is 1.12. The number of aromatic nitrogens is 3. The number of hydrogen-bond donors (Lipinski definition) is 2. The molecule has 45 heavy (non-hydrogen) atoms. The maximum Gasteiger partial charge on any atom is 0.410 e. The van der Waals surface area contributed by atoms with E-state index in [-0.39, 0.29) is 42.3 Å². The normalized spacial score (nSPS) is 22.8. The summed E-state index contributed by atoms with van der Waals surface area (Å²) in [6, 6.07) is 6.82. The van der Waals surface area contributed by atoms with Gasteiger partial charge in [0, 0.05) is 70.3 Å². The summed E-state index contributed by atoms with van der Waals surface area (Å²) >= 11 is 0. The van der Waals surface area contributed by atoms with Crippen molar-refractivity contribution in [3.05, 3.63) is 64.2 Å². The minimum atomic E-state index is -0.958. The molecule has 240 valence electrons. The van der Waals surface area contributed by atoms with E-state index < -0.39 is 35.8 Å². The third-order valence-corrected chi connectivity index (χ3v) is 9.22. The number of nitrogens with zero attached hydrogens (tertiary/aromatic N) is 5. The molecule has 4 amide bonds. The van der Waals surface area contributed by atoms with E-state index in [2.05, 4.69) is 15.3 Å². The van der Waals surface area contributed by atoms with Gasteiger partial charge in [-0.05, 0) is 49.4 Å². The van der Waals surface area contributed by atoms with Crippen molar-refractivity contribution < 1.29 is 27.9 Å². The Morgan fingerprint density at radius 1 is 0.933 bits per heavy atom. The van der Waals surface area contributed by atoms with Crippen molar-refractivity contribution >= 4 is 29.2 Å². The number of H-pyrrole nitrogens is 1. The molecular weight excluding hydrogens is 588 g/mol. The first-order valence-corrected chi connectivity index (χ1v) is 15.4. The van der Waals surface area contributed by atoms with Crippen LogP contribution in [0.4, 0.5) is 18.4 Å². The summed E-state index contributed by atoms with van der Waals surface area (Å²) in [6.07, 6.45) is 3.06. The molecule has 0 radical (unpaired) electrons. The predicted molar refractivity (Wildman–Crippen MR) is 160 cm³/mol. The minimum Gasteiger partial charge on any atom is -0.444 e. The van der Waals surface area contributed by atoms with Crippen LogP contribution in [0.1, 0.15) is 56.6 Å². The highest BCUT2D eigenvalue weighted by molar-refractivity contribution is 5.75. The second-order valence-corrected chi connectivity index (χ2v) is 12.1. The third kappa shape index (κ3) is 6.50. The Morgan fingerprint density at radius 2 is 1.71 bits per heavy atom. The molecule has 14 heteroatoms. The number of halogens is 2. The summed E-state index contributed by atoms with van der Waals surface area (Å²) in [4.78, 5) is 62.9. The summed E-state index contributed by atoms with van der Waals surface area (Å²) in [5, 5.41) is 3.05. The van der Waals surface area contributed by atoms with Gasteiger partial charge in [0.2, 0.25) is 5.91 Å². The first-order valence-electron chi connectivity index (χ1n) is 15.4. The molecule has 1 unspecified atom stereocenters. The third-order valence-electron chi connectivity index (χ3n) is 9.22. The number of ether oxygens (including phenoxy) is 1. The van der Waals surface area contributed by atoms with Gasteiger partial charge in [-0.1, -0.05) is 12.1 Å². The van der Waals surface area contributed by atoms with Gasteiger partial charge in [-0.2, -0.15) is 0 Å². The molecule has 2 N–H and O–H groups in total. The zero-order valence-corrected chi connectivity index (χ0v) is 25.1. The number of carbonyl (C=O) groups excluding carboxylic acids is 3. The van der Waals surface area contributed by atoms with Crippen molar-refractivity contribution in [1.82, 2.24) is 34.6 Å². The van der Waals surface area contributed by atoms with Crippen LogP contribution in [0.3, 0.4) is 0 Å². The standard InChI is InChI=1S/C31H37F2N7O5/c1-19(41)38-15-11-23(18-38)45-31(44)39-16-20(24-4-2-5-25(32)27(24)33)7-8-21(17-39)35-29(42)37-13-9-22(10-14-37)40-26-6-3-12-34-28(26)36-30(40)43/h2-6,12,20-23H,7-11,13-18H2,1H3,(H,35,42)(H,34,36,43)/t20-,21-,23?/m1/s1. The number of urea groups is 1. The van der Waals surface area contributed by atoms with E-state index >= 15 is 0 Å². The molecule has 3 aromatic rings. The van der Waals surface area contributed by atoms with Gasteiger partial charge in [0.25, 0.3) is 0 Å². The van der Waals surface area contributed by atoms with Gasteiger partial charge in [-0.3, -0.25) is 14.3 Å². The Kier molecular flexibility index (Phi) is 8.72. The quantitative estimate of drug-likeness (QED) is 0.457. The number of nitrogens with one attached hydrogen (secondary N) is 2. The first-order chi connectivity index (χ1) is 21.7. The van der Waals surface area contributed by atoms with Crippen molar-refractivity contribution in [2.75, 3.05) is 39.3 Å². The van der Waals surface area contributed by atoms with Crippen molar-refractivity contribution in [2.45, 2.75) is 63.1 Å². The molecule has 12 nitrogen and oxygen atoms in total. The van der Waals surface area contributed by atoms with E-state index in [0.29, 0.717) is 63.9 Å². The molecule has 3 fully saturated rings. The van der Waals surface area contributed by atoms with Crippen molar-refractivity contribution in [3.63, 3.8) is 0 Å². The molecule has 0 saturated carbocycles. The summed E-state index contributed by atoms with van der Waals surface area (Å²) in [7, 11) is 0. The predicted octanol–water partition coefficient (Wildman–Crippen LogP) is 3.35. The number of benzene rings is 1. The SMILES string of the molecule is CC(=O)N1CCC(OC(=O)N2C[C@H](NC(=O)N3CCC(n4c(=O)[nH]c5ncccc54)CC3)CC[C@@H](c3cccc(F)c3F)C2)C1. The average molecular weight is 626 g/mol. The van der Waals surface area contributed by atoms with E-state index in [1.54, 1.807) is 26.6 Å². The highest BCUT2D eigenvalue weighted by Gasteiger charge is 2.35. The summed E-state index contributed by atoms with van der Waals surface area (Å²) in [6.45, 7) is 3.34. The van der Waals surface area contributed by atoms with E-state index in [9.17, 15) is 28.0 Å². The fourth-order valence-corrected chi connectivity index (χ4v) is 6.79. The van der Waals surface area contributed by atoms with Crippen molar-refractivity contribution in [2.24, 2.45) is 0 Å². The lowest BCUT2D eigenvalue weighted by Gasteiger charge is -2.34. The fourth-order valence-electron chi connectivity index (χ4n) is 6.79. The molecule has 3 atom stereocenters. The molecule has 1 aromatic carbocycles. The molecule has 5 heterocycles. The second kappa shape index (κ2) is 12.9. The molecular formula is C31H37F2N7O5. The van der Waals surface area contributed by atoms with Crippen LogP contribution in [0.25, 0.3) is 11.2 Å². The maximum absolute atomic E-state index is 14.8. The topological polar surface area (TPSA) is 133 Å². The Morgan fingerprint density at radius 3 is 2.47 bits per heavy atom. The number of rotatable bonds is 4. The lowest BCUT2D eigenvalue weighted by atomic mass is 9.93. The van der Waals surface area contributed by atoms with E-state index in [0.717, 1.165) is 11.6 Å². The number of piperidine rings is 1. The number of pyridine rings is 1. The van der Waals surface area contributed by atoms with Gasteiger partial charge in [-0.25, -0.2) is 28.1 Å². The van der Waals surface area contributed by atoms with Crippen LogP contribution in [0.5, 0.6) is 0 Å². The van der Waals surface area contributed by atoms with Gasteiger partial charge in [-0.15, -0.1) is 0 Å². The summed E-state index contributed by atoms with van der Waals surface area (Å²) in [5.41, 5.74) is 1.20. The highest BCUT2D eigenvalue weighted by atomic mass is 19.2. The van der Waals surface area contributed by atoms with E-state index in [1.807, 2.05) is 6.07 Å². The molecule has 0 spiro atoms. The van der Waals surface area contributed by atoms with Gasteiger partial charge in [0.05, 0.1) is 12.1 Å². The Hall–Kier alpha value is -4.49. The Bertz CT molecular complexity index is 1640. The monoisotopic (exact) mass is 625 g/mol. The second-order valence-electron chi connectivity index (χ2n) is 12.1. The number of amides is 4. The van der Waals surface area contributed by atoms with E-state index in [4.69, 9.17) is 4.74 Å². The van der Waals surface area contributed by atoms with Crippen LogP contribution < -0.4 is 11.0 Å². The lowest BCUT2D eigenvalue weighted by molar-refractivity contribution is -0.128. The largest absolute Gasteiger partial charge is 0.444 e. The van der Waals surface area contributed by atoms with Gasteiger partial charge >= 0.3 is 17.8 Å². The zero-order valence-electron chi connectivity index (χ0n) is 25.1. The molecule has 3 saturated heterocycles. The van der Waals surface area contributed by atoms with Gasteiger partial charge < -0.3 is 24.8 Å². The fraction of sp³-hybridized carbons (Fsp3) is 0.516. The molecule has 6 rings (SSSR count). The van der Waals surface area contributed by atoms with Crippen LogP contribution in [-0.4, -0.2) is 98.7 Å².